The highest BCUT2D eigenvalue weighted by atomic mass is 19.1. The number of methoxy groups -OCH3 is 2. The zero-order chi connectivity index (χ0) is 21.8. The van der Waals surface area contributed by atoms with E-state index in [0.29, 0.717) is 30.8 Å². The third kappa shape index (κ3) is 3.93. The highest BCUT2D eigenvalue weighted by molar-refractivity contribution is 5.82. The first-order chi connectivity index (χ1) is 14.4. The van der Waals surface area contributed by atoms with Gasteiger partial charge in [0, 0.05) is 24.9 Å². The van der Waals surface area contributed by atoms with Crippen LogP contribution in [0.15, 0.2) is 12.1 Å². The van der Waals surface area contributed by atoms with Crippen molar-refractivity contribution in [2.45, 2.75) is 25.8 Å². The topological polar surface area (TPSA) is 131 Å². The van der Waals surface area contributed by atoms with Crippen molar-refractivity contribution in [3.63, 3.8) is 0 Å². The molecule has 156 valence electrons. The Morgan fingerprint density at radius 3 is 2.63 bits per heavy atom. The van der Waals surface area contributed by atoms with Gasteiger partial charge in [0.2, 0.25) is 0 Å². The van der Waals surface area contributed by atoms with Gasteiger partial charge in [0.15, 0.2) is 22.7 Å². The standard InChI is InChI=1S/C19H19FN6O4/c1-4-5-6-7-25-15(22-16-17(21)23-19(20)24-18(16)25)9-11-8-14(30-3)12(26(27)28)10-13(11)29-2/h1,8,10H,5-7,9H2,2-3H3,(H2,21,23,24). The molecule has 10 nitrogen and oxygen atoms in total. The average Bonchev–Trinajstić information content (AvgIpc) is 3.05. The lowest BCUT2D eigenvalue weighted by Gasteiger charge is -2.12. The largest absolute Gasteiger partial charge is 0.496 e. The first kappa shape index (κ1) is 20.8. The second kappa shape index (κ2) is 8.60. The van der Waals surface area contributed by atoms with E-state index in [1.54, 1.807) is 4.57 Å². The van der Waals surface area contributed by atoms with E-state index in [4.69, 9.17) is 21.6 Å². The summed E-state index contributed by atoms with van der Waals surface area (Å²) in [6, 6.07) is 2.80. The van der Waals surface area contributed by atoms with Gasteiger partial charge in [0.05, 0.1) is 25.2 Å². The normalized spacial score (nSPS) is 10.7. The number of rotatable bonds is 8. The number of nitrogens with zero attached hydrogens (tertiary/aromatic N) is 5. The predicted octanol–water partition coefficient (Wildman–Crippen LogP) is 2.48. The number of hydrogen-bond donors (Lipinski definition) is 1. The van der Waals surface area contributed by atoms with Gasteiger partial charge in [-0.1, -0.05) is 0 Å². The van der Waals surface area contributed by atoms with Crippen molar-refractivity contribution in [3.8, 4) is 23.8 Å². The number of aromatic nitrogens is 4. The molecule has 0 bridgehead atoms. The number of nitro groups is 1. The van der Waals surface area contributed by atoms with Gasteiger partial charge >= 0.3 is 11.8 Å². The van der Waals surface area contributed by atoms with E-state index in [-0.39, 0.29) is 40.6 Å². The quantitative estimate of drug-likeness (QED) is 0.195. The predicted molar refractivity (Wildman–Crippen MR) is 107 cm³/mol. The summed E-state index contributed by atoms with van der Waals surface area (Å²) in [5.41, 5.74) is 6.70. The molecule has 2 heterocycles. The van der Waals surface area contributed by atoms with Crippen molar-refractivity contribution < 1.29 is 18.8 Å². The Hall–Kier alpha value is -3.94. The van der Waals surface area contributed by atoms with Crippen LogP contribution in [0.1, 0.15) is 24.2 Å². The molecular formula is C19H19FN6O4. The summed E-state index contributed by atoms with van der Waals surface area (Å²) in [4.78, 5) is 22.6. The summed E-state index contributed by atoms with van der Waals surface area (Å²) in [5.74, 6) is 3.34. The second-order valence-electron chi connectivity index (χ2n) is 6.31. The second-order valence-corrected chi connectivity index (χ2v) is 6.31. The number of ether oxygens (including phenoxy) is 2. The minimum atomic E-state index is -0.959. The number of anilines is 1. The van der Waals surface area contributed by atoms with Gasteiger partial charge in [-0.05, 0) is 12.5 Å². The number of halogens is 1. The Kier molecular flexibility index (Phi) is 5.96. The van der Waals surface area contributed by atoms with E-state index in [0.717, 1.165) is 0 Å². The maximum absolute atomic E-state index is 13.8. The van der Waals surface area contributed by atoms with Crippen LogP contribution in [0.2, 0.25) is 0 Å². The van der Waals surface area contributed by atoms with Gasteiger partial charge in [0.25, 0.3) is 0 Å². The Morgan fingerprint density at radius 1 is 1.27 bits per heavy atom. The fourth-order valence-electron chi connectivity index (χ4n) is 3.14. The lowest BCUT2D eigenvalue weighted by molar-refractivity contribution is -0.385. The fourth-order valence-corrected chi connectivity index (χ4v) is 3.14. The number of nitrogens with two attached hydrogens (primary N) is 1. The van der Waals surface area contributed by atoms with Gasteiger partial charge in [-0.25, -0.2) is 4.98 Å². The smallest absolute Gasteiger partial charge is 0.314 e. The number of nitro benzene ring substituents is 1. The highest BCUT2D eigenvalue weighted by Crippen LogP contribution is 2.35. The lowest BCUT2D eigenvalue weighted by Crippen LogP contribution is -2.08. The van der Waals surface area contributed by atoms with Crippen molar-refractivity contribution in [2.24, 2.45) is 0 Å². The van der Waals surface area contributed by atoms with E-state index in [9.17, 15) is 14.5 Å². The third-order valence-electron chi connectivity index (χ3n) is 4.50. The summed E-state index contributed by atoms with van der Waals surface area (Å²) in [5, 5.41) is 11.3. The molecule has 2 N–H and O–H groups in total. The molecule has 3 aromatic rings. The summed E-state index contributed by atoms with van der Waals surface area (Å²) in [7, 11) is 2.75. The van der Waals surface area contributed by atoms with Crippen molar-refractivity contribution in [3.05, 3.63) is 39.7 Å². The maximum Gasteiger partial charge on any atom is 0.314 e. The number of fused-ring (bicyclic) bond motifs is 1. The molecule has 0 aliphatic heterocycles. The van der Waals surface area contributed by atoms with Gasteiger partial charge in [-0.15, -0.1) is 12.3 Å². The lowest BCUT2D eigenvalue weighted by atomic mass is 10.1. The fraction of sp³-hybridized carbons (Fsp3) is 0.316. The van der Waals surface area contributed by atoms with Crippen molar-refractivity contribution >= 4 is 22.7 Å². The van der Waals surface area contributed by atoms with Crippen LogP contribution in [0.3, 0.4) is 0 Å². The number of imidazole rings is 1. The maximum atomic E-state index is 13.8. The SMILES string of the molecule is C#CCCCn1c(Cc2cc(OC)c([N+](=O)[O-])cc2OC)nc2c(N)nc(F)nc21. The summed E-state index contributed by atoms with van der Waals surface area (Å²) < 4.78 is 25.9. The monoisotopic (exact) mass is 414 g/mol. The number of benzene rings is 1. The molecule has 0 saturated carbocycles. The van der Waals surface area contributed by atoms with Gasteiger partial charge in [-0.2, -0.15) is 14.4 Å². The summed E-state index contributed by atoms with van der Waals surface area (Å²) in [6.45, 7) is 0.429. The van der Waals surface area contributed by atoms with Crippen LogP contribution >= 0.6 is 0 Å². The zero-order valence-corrected chi connectivity index (χ0v) is 16.4. The Balaban J connectivity index is 2.13. The Labute approximate surface area is 171 Å². The van der Waals surface area contributed by atoms with E-state index >= 15 is 0 Å². The third-order valence-corrected chi connectivity index (χ3v) is 4.50. The zero-order valence-electron chi connectivity index (χ0n) is 16.4. The van der Waals surface area contributed by atoms with Crippen LogP contribution in [0.4, 0.5) is 15.9 Å². The molecule has 0 aliphatic carbocycles. The molecule has 11 heteroatoms. The molecule has 0 atom stereocenters. The number of unbranched alkanes of at least 4 members (excludes halogenated alkanes) is 1. The van der Waals surface area contributed by atoms with Crippen molar-refractivity contribution in [1.29, 1.82) is 0 Å². The Bertz CT molecular complexity index is 1150. The van der Waals surface area contributed by atoms with E-state index < -0.39 is 11.0 Å². The molecular weight excluding hydrogens is 395 g/mol. The molecule has 3 rings (SSSR count). The molecule has 2 aromatic heterocycles. The van der Waals surface area contributed by atoms with Gasteiger partial charge < -0.3 is 19.8 Å². The minimum Gasteiger partial charge on any atom is -0.496 e. The molecule has 0 unspecified atom stereocenters. The molecule has 0 fully saturated rings. The van der Waals surface area contributed by atoms with Crippen molar-refractivity contribution in [2.75, 3.05) is 20.0 Å². The molecule has 1 aromatic carbocycles. The first-order valence-corrected chi connectivity index (χ1v) is 8.90. The van der Waals surface area contributed by atoms with Crippen LogP contribution in [0.25, 0.3) is 11.2 Å². The van der Waals surface area contributed by atoms with Crippen molar-refractivity contribution in [1.82, 2.24) is 19.5 Å². The number of aryl methyl sites for hydroxylation is 1. The van der Waals surface area contributed by atoms with E-state index in [1.165, 1.54) is 26.4 Å². The molecule has 0 saturated heterocycles. The molecule has 30 heavy (non-hydrogen) atoms. The van der Waals surface area contributed by atoms with Crippen LogP contribution in [-0.4, -0.2) is 38.7 Å². The van der Waals surface area contributed by atoms with Crippen LogP contribution in [0.5, 0.6) is 11.5 Å². The van der Waals surface area contributed by atoms with E-state index in [1.807, 2.05) is 0 Å². The molecule has 0 spiro atoms. The molecule has 0 radical (unpaired) electrons. The first-order valence-electron chi connectivity index (χ1n) is 8.90. The van der Waals surface area contributed by atoms with E-state index in [2.05, 4.69) is 20.9 Å². The average molecular weight is 414 g/mol. The van der Waals surface area contributed by atoms with Gasteiger partial charge in [-0.3, -0.25) is 10.1 Å². The number of terminal acetylenes is 1. The number of nitrogen functional groups attached to an aromatic ring is 1. The highest BCUT2D eigenvalue weighted by Gasteiger charge is 2.22. The van der Waals surface area contributed by atoms with Crippen LogP contribution in [0, 0.1) is 28.5 Å². The Morgan fingerprint density at radius 2 is 2.00 bits per heavy atom. The van der Waals surface area contributed by atoms with Crippen LogP contribution in [-0.2, 0) is 13.0 Å². The summed E-state index contributed by atoms with van der Waals surface area (Å²) in [6.07, 6.45) is 5.70. The number of hydrogen-bond acceptors (Lipinski definition) is 8. The minimum absolute atomic E-state index is 0.0798. The summed E-state index contributed by atoms with van der Waals surface area (Å²) >= 11 is 0. The van der Waals surface area contributed by atoms with Crippen LogP contribution < -0.4 is 15.2 Å². The molecule has 0 amide bonds. The molecule has 0 aliphatic rings. The van der Waals surface area contributed by atoms with Gasteiger partial charge in [0.1, 0.15) is 11.6 Å².